The van der Waals surface area contributed by atoms with Gasteiger partial charge in [-0.05, 0) is 31.0 Å². The van der Waals surface area contributed by atoms with Gasteiger partial charge in [0.15, 0.2) is 0 Å². The maximum absolute atomic E-state index is 12.7. The number of likely N-dealkylation sites (tertiary alicyclic amines) is 1. The molecule has 2 rings (SSSR count). The Morgan fingerprint density at radius 1 is 1.47 bits per heavy atom. The molecule has 1 atom stereocenters. The summed E-state index contributed by atoms with van der Waals surface area (Å²) < 4.78 is 12.7. The summed E-state index contributed by atoms with van der Waals surface area (Å²) >= 11 is 0. The number of halogens is 1. The number of hydrogen-bond donors (Lipinski definition) is 1. The molecule has 4 heteroatoms. The first-order valence-electron chi connectivity index (χ1n) is 5.71. The third kappa shape index (κ3) is 3.03. The van der Waals surface area contributed by atoms with E-state index in [0.717, 1.165) is 5.56 Å². The maximum atomic E-state index is 12.7. The molecule has 1 aromatic rings. The minimum atomic E-state index is -0.765. The zero-order valence-corrected chi connectivity index (χ0v) is 9.82. The maximum Gasteiger partial charge on any atom is 0.227 e. The molecule has 1 heterocycles. The summed E-state index contributed by atoms with van der Waals surface area (Å²) in [7, 11) is 0. The third-order valence-corrected chi connectivity index (χ3v) is 3.07. The first-order chi connectivity index (χ1) is 7.96. The van der Waals surface area contributed by atoms with E-state index in [1.807, 2.05) is 0 Å². The lowest BCUT2D eigenvalue weighted by Crippen LogP contribution is -2.34. The Morgan fingerprint density at radius 2 is 2.12 bits per heavy atom. The molecule has 1 N–H and O–H groups in total. The Labute approximate surface area is 99.9 Å². The molecule has 1 amide bonds. The van der Waals surface area contributed by atoms with Crippen LogP contribution in [0.3, 0.4) is 0 Å². The van der Waals surface area contributed by atoms with E-state index in [0.29, 0.717) is 19.5 Å². The fraction of sp³-hybridized carbons (Fsp3) is 0.462. The molecular formula is C13H16FNO2. The first-order valence-corrected chi connectivity index (χ1v) is 5.71. The predicted molar refractivity (Wildman–Crippen MR) is 61.9 cm³/mol. The van der Waals surface area contributed by atoms with Gasteiger partial charge in [-0.15, -0.1) is 0 Å². The zero-order chi connectivity index (χ0) is 12.5. The van der Waals surface area contributed by atoms with Gasteiger partial charge in [-0.2, -0.15) is 0 Å². The molecule has 1 aliphatic heterocycles. The van der Waals surface area contributed by atoms with E-state index in [-0.39, 0.29) is 18.1 Å². The number of carbonyl (C=O) groups excluding carboxylic acids is 1. The molecule has 92 valence electrons. The van der Waals surface area contributed by atoms with Gasteiger partial charge in [-0.3, -0.25) is 4.79 Å². The Kier molecular flexibility index (Phi) is 3.15. The summed E-state index contributed by atoms with van der Waals surface area (Å²) in [5.74, 6) is -0.320. The van der Waals surface area contributed by atoms with Crippen LogP contribution in [-0.4, -0.2) is 34.6 Å². The SMILES string of the molecule is CC1(O)CCN(C(=O)Cc2ccc(F)cc2)C1. The second-order valence-corrected chi connectivity index (χ2v) is 4.87. The highest BCUT2D eigenvalue weighted by Gasteiger charge is 2.33. The number of β-amino-alcohol motifs (C(OH)–C–C–N with tert-alkyl or cyclic N) is 1. The highest BCUT2D eigenvalue weighted by molar-refractivity contribution is 5.79. The van der Waals surface area contributed by atoms with Crippen molar-refractivity contribution in [2.24, 2.45) is 0 Å². The highest BCUT2D eigenvalue weighted by atomic mass is 19.1. The Balaban J connectivity index is 1.96. The fourth-order valence-electron chi connectivity index (χ4n) is 2.05. The van der Waals surface area contributed by atoms with Crippen LogP contribution >= 0.6 is 0 Å². The van der Waals surface area contributed by atoms with Crippen molar-refractivity contribution in [3.63, 3.8) is 0 Å². The molecule has 1 aromatic carbocycles. The second-order valence-electron chi connectivity index (χ2n) is 4.87. The Morgan fingerprint density at radius 3 is 2.65 bits per heavy atom. The van der Waals surface area contributed by atoms with Crippen LogP contribution in [0.2, 0.25) is 0 Å². The van der Waals surface area contributed by atoms with Crippen LogP contribution in [0.4, 0.5) is 4.39 Å². The lowest BCUT2D eigenvalue weighted by molar-refractivity contribution is -0.130. The number of carbonyl (C=O) groups is 1. The van der Waals surface area contributed by atoms with Crippen LogP contribution in [0.25, 0.3) is 0 Å². The average molecular weight is 237 g/mol. The van der Waals surface area contributed by atoms with Crippen LogP contribution < -0.4 is 0 Å². The number of rotatable bonds is 2. The van der Waals surface area contributed by atoms with Crippen LogP contribution in [0, 0.1) is 5.82 Å². The Bertz CT molecular complexity index is 414. The summed E-state index contributed by atoms with van der Waals surface area (Å²) in [5.41, 5.74) is 0.0290. The van der Waals surface area contributed by atoms with Gasteiger partial charge in [0, 0.05) is 13.1 Å². The molecule has 0 aromatic heterocycles. The van der Waals surface area contributed by atoms with E-state index in [4.69, 9.17) is 0 Å². The van der Waals surface area contributed by atoms with E-state index in [2.05, 4.69) is 0 Å². The molecule has 0 bridgehead atoms. The van der Waals surface area contributed by atoms with Crippen molar-refractivity contribution < 1.29 is 14.3 Å². The average Bonchev–Trinajstić information content (AvgIpc) is 2.62. The van der Waals surface area contributed by atoms with Crippen LogP contribution in [0.1, 0.15) is 18.9 Å². The van der Waals surface area contributed by atoms with Gasteiger partial charge in [-0.1, -0.05) is 12.1 Å². The van der Waals surface area contributed by atoms with Gasteiger partial charge in [0.05, 0.1) is 12.0 Å². The lowest BCUT2D eigenvalue weighted by atomic mass is 10.1. The van der Waals surface area contributed by atoms with Crippen LogP contribution in [0.15, 0.2) is 24.3 Å². The summed E-state index contributed by atoms with van der Waals surface area (Å²) in [6, 6.07) is 5.93. The second kappa shape index (κ2) is 4.45. The van der Waals surface area contributed by atoms with Gasteiger partial charge >= 0.3 is 0 Å². The number of amides is 1. The molecular weight excluding hydrogens is 221 g/mol. The largest absolute Gasteiger partial charge is 0.388 e. The van der Waals surface area contributed by atoms with Crippen molar-refractivity contribution >= 4 is 5.91 Å². The number of nitrogens with zero attached hydrogens (tertiary/aromatic N) is 1. The minimum absolute atomic E-state index is 0.0191. The number of benzene rings is 1. The van der Waals surface area contributed by atoms with E-state index < -0.39 is 5.60 Å². The molecule has 1 saturated heterocycles. The third-order valence-electron chi connectivity index (χ3n) is 3.07. The predicted octanol–water partition coefficient (Wildman–Crippen LogP) is 1.35. The molecule has 1 fully saturated rings. The zero-order valence-electron chi connectivity index (χ0n) is 9.82. The van der Waals surface area contributed by atoms with Gasteiger partial charge in [0.2, 0.25) is 5.91 Å². The quantitative estimate of drug-likeness (QED) is 0.843. The van der Waals surface area contributed by atoms with Crippen LogP contribution in [0.5, 0.6) is 0 Å². The number of hydrogen-bond acceptors (Lipinski definition) is 2. The summed E-state index contributed by atoms with van der Waals surface area (Å²) in [5, 5.41) is 9.77. The summed E-state index contributed by atoms with van der Waals surface area (Å²) in [6.45, 7) is 2.71. The van der Waals surface area contributed by atoms with Crippen molar-refractivity contribution in [3.8, 4) is 0 Å². The molecule has 1 unspecified atom stereocenters. The molecule has 0 radical (unpaired) electrons. The molecule has 0 saturated carbocycles. The van der Waals surface area contributed by atoms with Crippen molar-refractivity contribution in [3.05, 3.63) is 35.6 Å². The van der Waals surface area contributed by atoms with Crippen LogP contribution in [-0.2, 0) is 11.2 Å². The standard InChI is InChI=1S/C13H16FNO2/c1-13(17)6-7-15(9-13)12(16)8-10-2-4-11(14)5-3-10/h2-5,17H,6-9H2,1H3. The van der Waals surface area contributed by atoms with Crippen molar-refractivity contribution in [2.75, 3.05) is 13.1 Å². The van der Waals surface area contributed by atoms with Crippen molar-refractivity contribution in [1.29, 1.82) is 0 Å². The molecule has 0 spiro atoms. The minimum Gasteiger partial charge on any atom is -0.388 e. The highest BCUT2D eigenvalue weighted by Crippen LogP contribution is 2.21. The van der Waals surface area contributed by atoms with Gasteiger partial charge in [0.25, 0.3) is 0 Å². The topological polar surface area (TPSA) is 40.5 Å². The van der Waals surface area contributed by atoms with Gasteiger partial charge < -0.3 is 10.0 Å². The molecule has 1 aliphatic rings. The summed E-state index contributed by atoms with van der Waals surface area (Å²) in [4.78, 5) is 13.6. The smallest absolute Gasteiger partial charge is 0.227 e. The van der Waals surface area contributed by atoms with Gasteiger partial charge in [0.1, 0.15) is 5.82 Å². The molecule has 3 nitrogen and oxygen atoms in total. The van der Waals surface area contributed by atoms with E-state index >= 15 is 0 Å². The van der Waals surface area contributed by atoms with E-state index in [1.165, 1.54) is 12.1 Å². The normalized spacial score (nSPS) is 24.1. The monoisotopic (exact) mass is 237 g/mol. The fourth-order valence-corrected chi connectivity index (χ4v) is 2.05. The van der Waals surface area contributed by atoms with Crippen molar-refractivity contribution in [2.45, 2.75) is 25.4 Å². The Hall–Kier alpha value is -1.42. The van der Waals surface area contributed by atoms with Crippen molar-refractivity contribution in [1.82, 2.24) is 4.90 Å². The van der Waals surface area contributed by atoms with Gasteiger partial charge in [-0.25, -0.2) is 4.39 Å². The van der Waals surface area contributed by atoms with E-state index in [9.17, 15) is 14.3 Å². The van der Waals surface area contributed by atoms with E-state index in [1.54, 1.807) is 24.0 Å². The number of aliphatic hydroxyl groups is 1. The molecule has 0 aliphatic carbocycles. The lowest BCUT2D eigenvalue weighted by Gasteiger charge is -2.19. The summed E-state index contributed by atoms with van der Waals surface area (Å²) in [6.07, 6.45) is 0.874. The first kappa shape index (κ1) is 12.0. The molecule has 17 heavy (non-hydrogen) atoms.